The molecule has 0 unspecified atom stereocenters. The van der Waals surface area contributed by atoms with Crippen molar-refractivity contribution in [2.45, 2.75) is 53.0 Å². The van der Waals surface area contributed by atoms with E-state index in [2.05, 4.69) is 18.7 Å². The van der Waals surface area contributed by atoms with Crippen molar-refractivity contribution >= 4 is 11.8 Å². The molecule has 0 aromatic heterocycles. The smallest absolute Gasteiger partial charge is 0.219 e. The maximum Gasteiger partial charge on any atom is 0.219 e. The zero-order valence-corrected chi connectivity index (χ0v) is 16.5. The molecule has 0 radical (unpaired) electrons. The van der Waals surface area contributed by atoms with E-state index < -0.39 is 0 Å². The van der Waals surface area contributed by atoms with Gasteiger partial charge in [0.25, 0.3) is 0 Å². The molecule has 0 heterocycles. The van der Waals surface area contributed by atoms with Crippen molar-refractivity contribution in [3.8, 4) is 0 Å². The Morgan fingerprint density at radius 1 is 0.792 bits per heavy atom. The van der Waals surface area contributed by atoms with Crippen molar-refractivity contribution in [2.24, 2.45) is 0 Å². The summed E-state index contributed by atoms with van der Waals surface area (Å²) in [6.45, 7) is 12.3. The summed E-state index contributed by atoms with van der Waals surface area (Å²) in [5.41, 5.74) is 0. The van der Waals surface area contributed by atoms with E-state index >= 15 is 0 Å². The largest absolute Gasteiger partial charge is 0.378 e. The Bertz CT molecular complexity index is 331. The minimum atomic E-state index is 0.0674. The molecule has 0 aromatic carbocycles. The number of hydrogen-bond acceptors (Lipinski definition) is 4. The molecule has 6 nitrogen and oxygen atoms in total. The molecule has 0 atom stereocenters. The average Bonchev–Trinajstić information content (AvgIpc) is 2.51. The van der Waals surface area contributed by atoms with E-state index in [9.17, 15) is 9.59 Å². The lowest BCUT2D eigenvalue weighted by Crippen LogP contribution is -2.35. The van der Waals surface area contributed by atoms with Crippen LogP contribution in [0.2, 0.25) is 0 Å². The second-order valence-corrected chi connectivity index (χ2v) is 6.68. The molecular formula is C18H37N3O3. The molecule has 0 N–H and O–H groups in total. The highest BCUT2D eigenvalue weighted by Gasteiger charge is 2.09. The molecule has 0 bridgehead atoms. The van der Waals surface area contributed by atoms with Crippen LogP contribution in [-0.2, 0) is 14.3 Å². The summed E-state index contributed by atoms with van der Waals surface area (Å²) in [7, 11) is 3.64. The van der Waals surface area contributed by atoms with E-state index in [4.69, 9.17) is 4.74 Å². The van der Waals surface area contributed by atoms with Crippen molar-refractivity contribution in [3.05, 3.63) is 0 Å². The van der Waals surface area contributed by atoms with E-state index in [0.717, 1.165) is 38.9 Å². The molecule has 2 amide bonds. The van der Waals surface area contributed by atoms with E-state index in [1.165, 1.54) is 0 Å². The summed E-state index contributed by atoms with van der Waals surface area (Å²) in [4.78, 5) is 28.1. The first-order chi connectivity index (χ1) is 11.3. The molecule has 24 heavy (non-hydrogen) atoms. The lowest BCUT2D eigenvalue weighted by molar-refractivity contribution is -0.128. The van der Waals surface area contributed by atoms with Gasteiger partial charge in [-0.15, -0.1) is 0 Å². The third kappa shape index (κ3) is 11.4. The number of amides is 2. The Hall–Kier alpha value is -1.14. The maximum atomic E-state index is 11.1. The molecule has 0 fully saturated rings. The first-order valence-corrected chi connectivity index (χ1v) is 9.01. The number of likely N-dealkylation sites (N-methyl/N-ethyl adjacent to an activating group) is 1. The number of hydrogen-bond donors (Lipinski definition) is 0. The highest BCUT2D eigenvalue weighted by molar-refractivity contribution is 5.73. The third-order valence-electron chi connectivity index (χ3n) is 4.34. The van der Waals surface area contributed by atoms with Gasteiger partial charge in [0.15, 0.2) is 0 Å². The van der Waals surface area contributed by atoms with Crippen LogP contribution in [0, 0.1) is 0 Å². The van der Waals surface area contributed by atoms with E-state index in [-0.39, 0.29) is 11.8 Å². The molecule has 0 spiro atoms. The van der Waals surface area contributed by atoms with Gasteiger partial charge >= 0.3 is 0 Å². The van der Waals surface area contributed by atoms with Crippen molar-refractivity contribution in [2.75, 3.05) is 53.5 Å². The van der Waals surface area contributed by atoms with Crippen LogP contribution >= 0.6 is 0 Å². The molecule has 0 saturated carbocycles. The van der Waals surface area contributed by atoms with Gasteiger partial charge in [0.05, 0.1) is 13.2 Å². The number of carbonyl (C=O) groups excluding carboxylic acids is 2. The first-order valence-electron chi connectivity index (χ1n) is 9.01. The fourth-order valence-corrected chi connectivity index (χ4v) is 2.27. The summed E-state index contributed by atoms with van der Waals surface area (Å²) in [6.07, 6.45) is 3.32. The van der Waals surface area contributed by atoms with Gasteiger partial charge < -0.3 is 14.5 Å². The lowest BCUT2D eigenvalue weighted by atomic mass is 10.2. The molecule has 0 saturated heterocycles. The van der Waals surface area contributed by atoms with Crippen molar-refractivity contribution in [3.63, 3.8) is 0 Å². The van der Waals surface area contributed by atoms with Gasteiger partial charge in [-0.05, 0) is 33.2 Å². The van der Waals surface area contributed by atoms with Gasteiger partial charge in [0.2, 0.25) is 11.8 Å². The molecule has 0 aliphatic heterocycles. The summed E-state index contributed by atoms with van der Waals surface area (Å²) >= 11 is 0. The Morgan fingerprint density at radius 3 is 1.83 bits per heavy atom. The molecule has 0 aliphatic carbocycles. The fraction of sp³-hybridized carbons (Fsp3) is 0.889. The second-order valence-electron chi connectivity index (χ2n) is 6.68. The number of ether oxygens (including phenoxy) is 1. The molecule has 0 aliphatic rings. The molecule has 6 heteroatoms. The van der Waals surface area contributed by atoms with Crippen LogP contribution in [0.3, 0.4) is 0 Å². The number of unbranched alkanes of at least 4 members (excludes halogenated alkanes) is 2. The normalized spacial score (nSPS) is 11.2. The van der Waals surface area contributed by atoms with Crippen molar-refractivity contribution < 1.29 is 14.3 Å². The highest BCUT2D eigenvalue weighted by atomic mass is 16.5. The Morgan fingerprint density at radius 2 is 1.29 bits per heavy atom. The zero-order chi connectivity index (χ0) is 18.5. The van der Waals surface area contributed by atoms with Crippen LogP contribution in [0.15, 0.2) is 0 Å². The number of nitrogens with zero attached hydrogens (tertiary/aromatic N) is 3. The summed E-state index contributed by atoms with van der Waals surface area (Å²) in [6, 6.07) is 0.494. The predicted octanol–water partition coefficient (Wildman–Crippen LogP) is 1.84. The van der Waals surface area contributed by atoms with E-state index in [0.29, 0.717) is 25.8 Å². The number of rotatable bonds is 13. The monoisotopic (exact) mass is 343 g/mol. The predicted molar refractivity (Wildman–Crippen MR) is 98.0 cm³/mol. The molecule has 0 rings (SSSR count). The Labute approximate surface area is 148 Å². The topological polar surface area (TPSA) is 53.1 Å². The van der Waals surface area contributed by atoms with E-state index in [1.54, 1.807) is 30.7 Å². The number of carbonyl (C=O) groups is 2. The lowest BCUT2D eigenvalue weighted by Gasteiger charge is -2.26. The maximum absolute atomic E-state index is 11.1. The first kappa shape index (κ1) is 22.9. The molecule has 0 aromatic rings. The van der Waals surface area contributed by atoms with Gasteiger partial charge in [-0.1, -0.05) is 6.42 Å². The Balaban J connectivity index is 3.78. The Kier molecular flexibility index (Phi) is 12.6. The second kappa shape index (κ2) is 13.2. The molecular weight excluding hydrogens is 306 g/mol. The van der Waals surface area contributed by atoms with Gasteiger partial charge in [-0.2, -0.15) is 0 Å². The van der Waals surface area contributed by atoms with Crippen LogP contribution in [0.5, 0.6) is 0 Å². The quantitative estimate of drug-likeness (QED) is 0.479. The standard InChI is InChI=1S/C18H37N3O3/c1-16(2)21(11-9-7-8-10-19(5)17(3)22)13-15-24-14-12-20(6)18(4)23/h16H,7-15H2,1-6H3. The van der Waals surface area contributed by atoms with Crippen LogP contribution in [0.4, 0.5) is 0 Å². The van der Waals surface area contributed by atoms with Crippen LogP contribution in [-0.4, -0.2) is 86.0 Å². The van der Waals surface area contributed by atoms with Crippen molar-refractivity contribution in [1.82, 2.24) is 14.7 Å². The third-order valence-corrected chi connectivity index (χ3v) is 4.34. The van der Waals surface area contributed by atoms with Gasteiger partial charge in [-0.3, -0.25) is 14.5 Å². The summed E-state index contributed by atoms with van der Waals surface area (Å²) < 4.78 is 5.64. The summed E-state index contributed by atoms with van der Waals surface area (Å²) in [5, 5.41) is 0. The SMILES string of the molecule is CC(=O)N(C)CCCCCN(CCOCCN(C)C(C)=O)C(C)C. The zero-order valence-electron chi connectivity index (χ0n) is 16.5. The van der Waals surface area contributed by atoms with E-state index in [1.807, 2.05) is 7.05 Å². The summed E-state index contributed by atoms with van der Waals surface area (Å²) in [5.74, 6) is 0.198. The fourth-order valence-electron chi connectivity index (χ4n) is 2.27. The van der Waals surface area contributed by atoms with Gasteiger partial charge in [-0.25, -0.2) is 0 Å². The highest BCUT2D eigenvalue weighted by Crippen LogP contribution is 2.04. The van der Waals surface area contributed by atoms with Crippen LogP contribution in [0.1, 0.15) is 47.0 Å². The minimum Gasteiger partial charge on any atom is -0.378 e. The van der Waals surface area contributed by atoms with Crippen LogP contribution in [0.25, 0.3) is 0 Å². The average molecular weight is 344 g/mol. The minimum absolute atomic E-state index is 0.0674. The molecule has 142 valence electrons. The van der Waals surface area contributed by atoms with Crippen molar-refractivity contribution in [1.29, 1.82) is 0 Å². The van der Waals surface area contributed by atoms with Gasteiger partial charge in [0, 0.05) is 53.6 Å². The van der Waals surface area contributed by atoms with Crippen LogP contribution < -0.4 is 0 Å². The van der Waals surface area contributed by atoms with Gasteiger partial charge in [0.1, 0.15) is 0 Å².